The SMILES string of the molecule is CN(CCOc1cccc(Cl)c1)C(=O)c1csc(-c2ccc(Cl)cc2)n1. The molecular weight excluding hydrogens is 391 g/mol. The molecule has 0 saturated heterocycles. The lowest BCUT2D eigenvalue weighted by atomic mass is 10.2. The van der Waals surface area contributed by atoms with Gasteiger partial charge in [-0.3, -0.25) is 4.79 Å². The molecule has 0 fully saturated rings. The number of thiazole rings is 1. The molecule has 7 heteroatoms. The summed E-state index contributed by atoms with van der Waals surface area (Å²) in [5.41, 5.74) is 1.36. The Morgan fingerprint density at radius 2 is 1.92 bits per heavy atom. The number of ether oxygens (including phenoxy) is 1. The molecule has 0 saturated carbocycles. The summed E-state index contributed by atoms with van der Waals surface area (Å²) in [5.74, 6) is 0.535. The lowest BCUT2D eigenvalue weighted by molar-refractivity contribution is 0.0769. The Balaban J connectivity index is 1.57. The molecule has 2 aromatic carbocycles. The lowest BCUT2D eigenvalue weighted by Crippen LogP contribution is -2.31. The van der Waals surface area contributed by atoms with Crippen molar-refractivity contribution >= 4 is 40.4 Å². The summed E-state index contributed by atoms with van der Waals surface area (Å²) in [6.07, 6.45) is 0. The van der Waals surface area contributed by atoms with Crippen LogP contribution in [0.15, 0.2) is 53.9 Å². The zero-order chi connectivity index (χ0) is 18.5. The van der Waals surface area contributed by atoms with Gasteiger partial charge in [-0.15, -0.1) is 11.3 Å². The van der Waals surface area contributed by atoms with E-state index in [1.165, 1.54) is 11.3 Å². The Labute approximate surface area is 166 Å². The Hall–Kier alpha value is -2.08. The second kappa shape index (κ2) is 8.54. The molecule has 0 aliphatic carbocycles. The van der Waals surface area contributed by atoms with Crippen LogP contribution in [-0.2, 0) is 0 Å². The molecule has 0 aliphatic heterocycles. The number of carbonyl (C=O) groups is 1. The van der Waals surface area contributed by atoms with Crippen molar-refractivity contribution in [2.24, 2.45) is 0 Å². The molecule has 0 bridgehead atoms. The highest BCUT2D eigenvalue weighted by atomic mass is 35.5. The van der Waals surface area contributed by atoms with Crippen molar-refractivity contribution in [3.8, 4) is 16.3 Å². The highest BCUT2D eigenvalue weighted by molar-refractivity contribution is 7.13. The van der Waals surface area contributed by atoms with Gasteiger partial charge in [-0.1, -0.05) is 41.4 Å². The summed E-state index contributed by atoms with van der Waals surface area (Å²) >= 11 is 13.2. The number of hydrogen-bond acceptors (Lipinski definition) is 4. The van der Waals surface area contributed by atoms with E-state index in [-0.39, 0.29) is 5.91 Å². The van der Waals surface area contributed by atoms with Gasteiger partial charge >= 0.3 is 0 Å². The summed E-state index contributed by atoms with van der Waals surface area (Å²) in [7, 11) is 1.73. The first-order valence-corrected chi connectivity index (χ1v) is 9.52. The van der Waals surface area contributed by atoms with E-state index in [1.807, 2.05) is 24.3 Å². The van der Waals surface area contributed by atoms with Gasteiger partial charge in [-0.2, -0.15) is 0 Å². The van der Waals surface area contributed by atoms with Gasteiger partial charge in [0, 0.05) is 28.0 Å². The van der Waals surface area contributed by atoms with E-state index in [2.05, 4.69) is 4.98 Å². The van der Waals surface area contributed by atoms with Crippen molar-refractivity contribution in [3.63, 3.8) is 0 Å². The minimum absolute atomic E-state index is 0.142. The van der Waals surface area contributed by atoms with Gasteiger partial charge in [0.25, 0.3) is 5.91 Å². The van der Waals surface area contributed by atoms with Crippen molar-refractivity contribution < 1.29 is 9.53 Å². The normalized spacial score (nSPS) is 10.6. The van der Waals surface area contributed by atoms with Crippen LogP contribution in [0.1, 0.15) is 10.5 Å². The van der Waals surface area contributed by atoms with Crippen LogP contribution in [0.25, 0.3) is 10.6 Å². The predicted octanol–water partition coefficient (Wildman–Crippen LogP) is 5.27. The van der Waals surface area contributed by atoms with E-state index >= 15 is 0 Å². The van der Waals surface area contributed by atoms with Crippen molar-refractivity contribution in [3.05, 3.63) is 69.7 Å². The molecule has 0 radical (unpaired) electrons. The van der Waals surface area contributed by atoms with Crippen LogP contribution in [0.4, 0.5) is 0 Å². The minimum Gasteiger partial charge on any atom is -0.492 e. The Kier molecular flexibility index (Phi) is 6.14. The van der Waals surface area contributed by atoms with Gasteiger partial charge in [-0.05, 0) is 30.3 Å². The zero-order valence-corrected chi connectivity index (χ0v) is 16.3. The third-order valence-electron chi connectivity index (χ3n) is 3.65. The maximum Gasteiger partial charge on any atom is 0.273 e. The predicted molar refractivity (Wildman–Crippen MR) is 106 cm³/mol. The van der Waals surface area contributed by atoms with Crippen LogP contribution in [0.3, 0.4) is 0 Å². The first-order valence-electron chi connectivity index (χ1n) is 7.88. The number of carbonyl (C=O) groups excluding carboxylic acids is 1. The van der Waals surface area contributed by atoms with Crippen molar-refractivity contribution in [1.82, 2.24) is 9.88 Å². The quantitative estimate of drug-likeness (QED) is 0.559. The van der Waals surface area contributed by atoms with Crippen molar-refractivity contribution in [2.45, 2.75) is 0 Å². The van der Waals surface area contributed by atoms with E-state index in [9.17, 15) is 4.79 Å². The molecule has 0 atom stereocenters. The number of hydrogen-bond donors (Lipinski definition) is 0. The monoisotopic (exact) mass is 406 g/mol. The minimum atomic E-state index is -0.142. The molecule has 0 spiro atoms. The van der Waals surface area contributed by atoms with Crippen LogP contribution < -0.4 is 4.74 Å². The topological polar surface area (TPSA) is 42.4 Å². The Morgan fingerprint density at radius 1 is 1.15 bits per heavy atom. The fraction of sp³-hybridized carbons (Fsp3) is 0.158. The number of halogens is 2. The second-order valence-electron chi connectivity index (χ2n) is 5.58. The molecule has 0 N–H and O–H groups in total. The average Bonchev–Trinajstić information content (AvgIpc) is 3.11. The first-order chi connectivity index (χ1) is 12.5. The van der Waals surface area contributed by atoms with Gasteiger partial charge in [0.1, 0.15) is 23.1 Å². The molecule has 0 unspecified atom stereocenters. The Bertz CT molecular complexity index is 897. The van der Waals surface area contributed by atoms with E-state index in [0.717, 1.165) is 10.6 Å². The summed E-state index contributed by atoms with van der Waals surface area (Å²) in [5, 5.41) is 3.83. The molecule has 1 amide bonds. The van der Waals surface area contributed by atoms with E-state index in [4.69, 9.17) is 27.9 Å². The summed E-state index contributed by atoms with van der Waals surface area (Å²) in [4.78, 5) is 18.5. The lowest BCUT2D eigenvalue weighted by Gasteiger charge is -2.16. The Morgan fingerprint density at radius 3 is 2.65 bits per heavy atom. The molecule has 1 aromatic heterocycles. The molecule has 4 nitrogen and oxygen atoms in total. The maximum absolute atomic E-state index is 12.5. The first kappa shape index (κ1) is 18.7. The number of amides is 1. The van der Waals surface area contributed by atoms with E-state index in [1.54, 1.807) is 41.6 Å². The van der Waals surface area contributed by atoms with Crippen LogP contribution in [0.2, 0.25) is 10.0 Å². The highest BCUT2D eigenvalue weighted by Crippen LogP contribution is 2.25. The van der Waals surface area contributed by atoms with Gasteiger partial charge in [-0.25, -0.2) is 4.98 Å². The zero-order valence-electron chi connectivity index (χ0n) is 14.0. The highest BCUT2D eigenvalue weighted by Gasteiger charge is 2.16. The van der Waals surface area contributed by atoms with Gasteiger partial charge in [0.05, 0.1) is 6.54 Å². The molecular formula is C19H16Cl2N2O2S. The van der Waals surface area contributed by atoms with Gasteiger partial charge in [0.15, 0.2) is 0 Å². The fourth-order valence-electron chi connectivity index (χ4n) is 2.25. The van der Waals surface area contributed by atoms with Crippen LogP contribution in [0, 0.1) is 0 Å². The van der Waals surface area contributed by atoms with Gasteiger partial charge < -0.3 is 9.64 Å². The smallest absolute Gasteiger partial charge is 0.273 e. The number of aromatic nitrogens is 1. The van der Waals surface area contributed by atoms with E-state index < -0.39 is 0 Å². The number of nitrogens with zero attached hydrogens (tertiary/aromatic N) is 2. The second-order valence-corrected chi connectivity index (χ2v) is 7.31. The summed E-state index contributed by atoms with van der Waals surface area (Å²) < 4.78 is 5.62. The molecule has 0 aliphatic rings. The molecule has 3 rings (SSSR count). The van der Waals surface area contributed by atoms with E-state index in [0.29, 0.717) is 34.6 Å². The third kappa shape index (κ3) is 4.75. The standard InChI is InChI=1S/C19H16Cl2N2O2S/c1-23(9-10-25-16-4-2-3-15(21)11-16)19(24)17-12-26-18(22-17)13-5-7-14(20)8-6-13/h2-8,11-12H,9-10H2,1H3. The molecule has 26 heavy (non-hydrogen) atoms. The molecule has 134 valence electrons. The summed E-state index contributed by atoms with van der Waals surface area (Å²) in [6.45, 7) is 0.815. The fourth-order valence-corrected chi connectivity index (χ4v) is 3.36. The number of rotatable bonds is 6. The molecule has 3 aromatic rings. The third-order valence-corrected chi connectivity index (χ3v) is 5.03. The maximum atomic E-state index is 12.5. The number of likely N-dealkylation sites (N-methyl/N-ethyl adjacent to an activating group) is 1. The molecule has 1 heterocycles. The average molecular weight is 407 g/mol. The van der Waals surface area contributed by atoms with Gasteiger partial charge in [0.2, 0.25) is 0 Å². The summed E-state index contributed by atoms with van der Waals surface area (Å²) in [6, 6.07) is 14.5. The van der Waals surface area contributed by atoms with Crippen LogP contribution in [-0.4, -0.2) is 36.0 Å². The van der Waals surface area contributed by atoms with Crippen molar-refractivity contribution in [1.29, 1.82) is 0 Å². The van der Waals surface area contributed by atoms with Crippen molar-refractivity contribution in [2.75, 3.05) is 20.2 Å². The largest absolute Gasteiger partial charge is 0.492 e. The number of benzene rings is 2. The van der Waals surface area contributed by atoms with Crippen LogP contribution >= 0.6 is 34.5 Å². The van der Waals surface area contributed by atoms with Crippen LogP contribution in [0.5, 0.6) is 5.75 Å².